The van der Waals surface area contributed by atoms with Crippen molar-refractivity contribution < 1.29 is 0 Å². The molecule has 3 heteroatoms. The van der Waals surface area contributed by atoms with Crippen molar-refractivity contribution in [1.29, 1.82) is 0 Å². The maximum atomic E-state index is 6.13. The minimum Gasteiger partial charge on any atom is -0.357 e. The second-order valence-corrected chi connectivity index (χ2v) is 5.69. The summed E-state index contributed by atoms with van der Waals surface area (Å²) in [4.78, 5) is 3.58. The molecule has 0 bridgehead atoms. The zero-order valence-corrected chi connectivity index (χ0v) is 11.7. The summed E-state index contributed by atoms with van der Waals surface area (Å²) in [5.41, 5.74) is 5.14. The topological polar surface area (TPSA) is 27.8 Å². The van der Waals surface area contributed by atoms with Crippen LogP contribution in [0.1, 0.15) is 22.9 Å². The minimum atomic E-state index is 0.199. The van der Waals surface area contributed by atoms with Crippen LogP contribution < -0.4 is 5.32 Å². The lowest BCUT2D eigenvalue weighted by Gasteiger charge is -2.25. The van der Waals surface area contributed by atoms with Crippen LogP contribution in [0.15, 0.2) is 48.5 Å². The van der Waals surface area contributed by atoms with E-state index in [1.165, 1.54) is 27.7 Å². The van der Waals surface area contributed by atoms with Crippen molar-refractivity contribution in [1.82, 2.24) is 10.3 Å². The van der Waals surface area contributed by atoms with Crippen LogP contribution >= 0.6 is 11.6 Å². The van der Waals surface area contributed by atoms with Gasteiger partial charge in [0.1, 0.15) is 0 Å². The Morgan fingerprint density at radius 1 is 1.05 bits per heavy atom. The number of H-pyrrole nitrogens is 1. The Balaban J connectivity index is 1.90. The first-order valence-corrected chi connectivity index (χ1v) is 7.29. The molecule has 0 saturated carbocycles. The molecule has 0 aliphatic carbocycles. The Morgan fingerprint density at radius 2 is 1.95 bits per heavy atom. The Labute approximate surface area is 122 Å². The molecule has 0 fully saturated rings. The maximum Gasteiger partial charge on any atom is 0.0732 e. The van der Waals surface area contributed by atoms with Crippen LogP contribution in [0.5, 0.6) is 0 Å². The Morgan fingerprint density at radius 3 is 2.85 bits per heavy atom. The number of fused-ring (bicyclic) bond motifs is 3. The zero-order valence-electron chi connectivity index (χ0n) is 11.0. The Bertz CT molecular complexity index is 776. The highest BCUT2D eigenvalue weighted by molar-refractivity contribution is 6.30. The average Bonchev–Trinajstić information content (AvgIpc) is 2.86. The number of aromatic amines is 1. The fourth-order valence-corrected chi connectivity index (χ4v) is 3.35. The molecule has 20 heavy (non-hydrogen) atoms. The molecule has 0 amide bonds. The normalized spacial score (nSPS) is 18.1. The number of halogens is 1. The van der Waals surface area contributed by atoms with Crippen molar-refractivity contribution in [3.8, 4) is 0 Å². The molecular weight excluding hydrogens is 268 g/mol. The van der Waals surface area contributed by atoms with Crippen LogP contribution in [0, 0.1) is 0 Å². The first-order valence-electron chi connectivity index (χ1n) is 6.91. The SMILES string of the molecule is Clc1cccc([C@H]2NCCc3c2[nH]c2ccccc32)c1. The van der Waals surface area contributed by atoms with Crippen molar-refractivity contribution in [3.63, 3.8) is 0 Å². The molecule has 100 valence electrons. The van der Waals surface area contributed by atoms with E-state index < -0.39 is 0 Å². The summed E-state index contributed by atoms with van der Waals surface area (Å²) in [5.74, 6) is 0. The predicted molar refractivity (Wildman–Crippen MR) is 83.3 cm³/mol. The van der Waals surface area contributed by atoms with Crippen LogP contribution in [0.2, 0.25) is 5.02 Å². The number of para-hydroxylation sites is 1. The van der Waals surface area contributed by atoms with Crippen molar-refractivity contribution in [2.45, 2.75) is 12.5 Å². The molecule has 1 atom stereocenters. The van der Waals surface area contributed by atoms with Gasteiger partial charge in [-0.25, -0.2) is 0 Å². The number of hydrogen-bond donors (Lipinski definition) is 2. The number of aromatic nitrogens is 1. The fourth-order valence-electron chi connectivity index (χ4n) is 3.15. The standard InChI is InChI=1S/C17H15ClN2/c18-12-5-3-4-11(10-12)16-17-14(8-9-19-16)13-6-1-2-7-15(13)20-17/h1-7,10,16,19-20H,8-9H2/t16-/m1/s1. The average molecular weight is 283 g/mol. The fraction of sp³-hybridized carbons (Fsp3) is 0.176. The second-order valence-electron chi connectivity index (χ2n) is 5.25. The van der Waals surface area contributed by atoms with E-state index >= 15 is 0 Å². The molecule has 2 N–H and O–H groups in total. The number of rotatable bonds is 1. The van der Waals surface area contributed by atoms with Gasteiger partial charge in [-0.1, -0.05) is 41.9 Å². The Hall–Kier alpha value is -1.77. The van der Waals surface area contributed by atoms with Gasteiger partial charge < -0.3 is 10.3 Å². The van der Waals surface area contributed by atoms with E-state index in [0.29, 0.717) is 0 Å². The van der Waals surface area contributed by atoms with Crippen molar-refractivity contribution in [3.05, 3.63) is 70.4 Å². The molecule has 2 heterocycles. The van der Waals surface area contributed by atoms with E-state index in [0.717, 1.165) is 18.0 Å². The molecule has 3 aromatic rings. The van der Waals surface area contributed by atoms with Gasteiger partial charge in [-0.2, -0.15) is 0 Å². The van der Waals surface area contributed by atoms with E-state index in [1.54, 1.807) is 0 Å². The number of hydrogen-bond acceptors (Lipinski definition) is 1. The van der Waals surface area contributed by atoms with Gasteiger partial charge in [-0.15, -0.1) is 0 Å². The number of nitrogens with one attached hydrogen (secondary N) is 2. The van der Waals surface area contributed by atoms with E-state index in [1.807, 2.05) is 18.2 Å². The predicted octanol–water partition coefficient (Wildman–Crippen LogP) is 4.06. The number of benzene rings is 2. The molecule has 0 spiro atoms. The quantitative estimate of drug-likeness (QED) is 0.692. The molecule has 0 radical (unpaired) electrons. The second kappa shape index (κ2) is 4.65. The van der Waals surface area contributed by atoms with Crippen LogP contribution in [0.4, 0.5) is 0 Å². The molecule has 2 aromatic carbocycles. The van der Waals surface area contributed by atoms with E-state index in [9.17, 15) is 0 Å². The lowest BCUT2D eigenvalue weighted by molar-refractivity contribution is 0.560. The summed E-state index contributed by atoms with van der Waals surface area (Å²) >= 11 is 6.13. The third-order valence-electron chi connectivity index (χ3n) is 4.04. The van der Waals surface area contributed by atoms with Crippen molar-refractivity contribution in [2.24, 2.45) is 0 Å². The van der Waals surface area contributed by atoms with Gasteiger partial charge in [-0.05, 0) is 35.7 Å². The largest absolute Gasteiger partial charge is 0.357 e. The molecular formula is C17H15ClN2. The maximum absolute atomic E-state index is 6.13. The third kappa shape index (κ3) is 1.84. The first-order chi connectivity index (χ1) is 9.83. The molecule has 4 rings (SSSR count). The minimum absolute atomic E-state index is 0.199. The van der Waals surface area contributed by atoms with Crippen molar-refractivity contribution >= 4 is 22.5 Å². The van der Waals surface area contributed by atoms with Gasteiger partial charge >= 0.3 is 0 Å². The third-order valence-corrected chi connectivity index (χ3v) is 4.28. The van der Waals surface area contributed by atoms with Gasteiger partial charge in [0.05, 0.1) is 6.04 Å². The summed E-state index contributed by atoms with van der Waals surface area (Å²) in [7, 11) is 0. The van der Waals surface area contributed by atoms with Crippen LogP contribution in [0.25, 0.3) is 10.9 Å². The monoisotopic (exact) mass is 282 g/mol. The van der Waals surface area contributed by atoms with Crippen molar-refractivity contribution in [2.75, 3.05) is 6.54 Å². The van der Waals surface area contributed by atoms with Crippen LogP contribution in [-0.4, -0.2) is 11.5 Å². The Kier molecular flexibility index (Phi) is 2.79. The molecule has 0 unspecified atom stereocenters. The van der Waals surface area contributed by atoms with Crippen LogP contribution in [-0.2, 0) is 6.42 Å². The summed E-state index contributed by atoms with van der Waals surface area (Å²) in [6.45, 7) is 0.992. The summed E-state index contributed by atoms with van der Waals surface area (Å²) in [5, 5.41) is 5.72. The van der Waals surface area contributed by atoms with E-state index in [2.05, 4.69) is 40.6 Å². The summed E-state index contributed by atoms with van der Waals surface area (Å²) < 4.78 is 0. The van der Waals surface area contributed by atoms with E-state index in [4.69, 9.17) is 11.6 Å². The van der Waals surface area contributed by atoms with Crippen LogP contribution in [0.3, 0.4) is 0 Å². The molecule has 1 aliphatic heterocycles. The van der Waals surface area contributed by atoms with Gasteiger partial charge in [-0.3, -0.25) is 0 Å². The van der Waals surface area contributed by atoms with Gasteiger partial charge in [0.15, 0.2) is 0 Å². The summed E-state index contributed by atoms with van der Waals surface area (Å²) in [6.07, 6.45) is 1.07. The van der Waals surface area contributed by atoms with Gasteiger partial charge in [0.2, 0.25) is 0 Å². The molecule has 0 saturated heterocycles. The molecule has 2 nitrogen and oxygen atoms in total. The van der Waals surface area contributed by atoms with Gasteiger partial charge in [0, 0.05) is 28.2 Å². The highest BCUT2D eigenvalue weighted by Crippen LogP contribution is 2.33. The highest BCUT2D eigenvalue weighted by atomic mass is 35.5. The first kappa shape index (κ1) is 12.0. The van der Waals surface area contributed by atoms with Gasteiger partial charge in [0.25, 0.3) is 0 Å². The lowest BCUT2D eigenvalue weighted by atomic mass is 9.94. The molecule has 1 aliphatic rings. The lowest BCUT2D eigenvalue weighted by Crippen LogP contribution is -2.30. The van der Waals surface area contributed by atoms with E-state index in [-0.39, 0.29) is 6.04 Å². The zero-order chi connectivity index (χ0) is 13.5. The molecule has 1 aromatic heterocycles. The highest BCUT2D eigenvalue weighted by Gasteiger charge is 2.24. The smallest absolute Gasteiger partial charge is 0.0732 e. The summed E-state index contributed by atoms with van der Waals surface area (Å²) in [6, 6.07) is 16.8.